The summed E-state index contributed by atoms with van der Waals surface area (Å²) in [5.41, 5.74) is 0.298. The standard InChI is InChI=1S/C12H18N4O2/c1-4-7-16(8-9-17)11-6-5-10(13-14-11)12(18)15(2)3/h4-6,17H,1,7-9H2,2-3H3. The first-order valence-electron chi connectivity index (χ1n) is 5.62. The summed E-state index contributed by atoms with van der Waals surface area (Å²) in [5.74, 6) is 0.422. The number of nitrogens with zero attached hydrogens (tertiary/aromatic N) is 4. The number of hydrogen-bond acceptors (Lipinski definition) is 5. The predicted octanol–water partition coefficient (Wildman–Crippen LogP) is 0.163. The Labute approximate surface area is 107 Å². The van der Waals surface area contributed by atoms with E-state index in [2.05, 4.69) is 16.8 Å². The van der Waals surface area contributed by atoms with E-state index >= 15 is 0 Å². The summed E-state index contributed by atoms with van der Waals surface area (Å²) in [6, 6.07) is 3.33. The number of rotatable bonds is 6. The van der Waals surface area contributed by atoms with E-state index in [0.717, 1.165) is 0 Å². The van der Waals surface area contributed by atoms with Gasteiger partial charge in [-0.25, -0.2) is 0 Å². The molecule has 6 heteroatoms. The van der Waals surface area contributed by atoms with E-state index in [1.54, 1.807) is 32.3 Å². The van der Waals surface area contributed by atoms with Gasteiger partial charge >= 0.3 is 0 Å². The van der Waals surface area contributed by atoms with Crippen LogP contribution in [0.25, 0.3) is 0 Å². The van der Waals surface area contributed by atoms with Gasteiger partial charge in [-0.15, -0.1) is 16.8 Å². The normalized spacial score (nSPS) is 9.94. The number of carbonyl (C=O) groups is 1. The molecule has 1 aromatic rings. The van der Waals surface area contributed by atoms with E-state index in [4.69, 9.17) is 5.11 Å². The summed E-state index contributed by atoms with van der Waals surface area (Å²) in [5, 5.41) is 16.8. The fourth-order valence-corrected chi connectivity index (χ4v) is 1.41. The highest BCUT2D eigenvalue weighted by atomic mass is 16.3. The number of hydrogen-bond donors (Lipinski definition) is 1. The van der Waals surface area contributed by atoms with Gasteiger partial charge in [-0.05, 0) is 12.1 Å². The number of aromatic nitrogens is 2. The third kappa shape index (κ3) is 3.53. The molecule has 0 fully saturated rings. The highest BCUT2D eigenvalue weighted by Gasteiger charge is 2.12. The molecule has 1 rings (SSSR count). The second kappa shape index (κ2) is 6.70. The smallest absolute Gasteiger partial charge is 0.273 e. The van der Waals surface area contributed by atoms with Crippen LogP contribution in [0.2, 0.25) is 0 Å². The van der Waals surface area contributed by atoms with Gasteiger partial charge in [0.2, 0.25) is 0 Å². The molecule has 0 aliphatic rings. The molecule has 0 aromatic carbocycles. The lowest BCUT2D eigenvalue weighted by molar-refractivity contribution is 0.0821. The van der Waals surface area contributed by atoms with E-state index in [1.807, 2.05) is 4.90 Å². The van der Waals surface area contributed by atoms with Crippen molar-refractivity contribution in [1.82, 2.24) is 15.1 Å². The quantitative estimate of drug-likeness (QED) is 0.728. The van der Waals surface area contributed by atoms with Crippen molar-refractivity contribution < 1.29 is 9.90 Å². The van der Waals surface area contributed by atoms with E-state index in [0.29, 0.717) is 24.6 Å². The topological polar surface area (TPSA) is 69.6 Å². The van der Waals surface area contributed by atoms with Gasteiger partial charge in [0.25, 0.3) is 5.91 Å². The van der Waals surface area contributed by atoms with E-state index in [9.17, 15) is 4.79 Å². The maximum Gasteiger partial charge on any atom is 0.273 e. The number of aliphatic hydroxyl groups is 1. The van der Waals surface area contributed by atoms with Crippen LogP contribution in [0.1, 0.15) is 10.5 Å². The van der Waals surface area contributed by atoms with Crippen LogP contribution in [0.15, 0.2) is 24.8 Å². The maximum atomic E-state index is 11.6. The number of aliphatic hydroxyl groups excluding tert-OH is 1. The SMILES string of the molecule is C=CCN(CCO)c1ccc(C(=O)N(C)C)nn1. The van der Waals surface area contributed by atoms with Crippen LogP contribution in [0, 0.1) is 0 Å². The third-order valence-electron chi connectivity index (χ3n) is 2.32. The minimum Gasteiger partial charge on any atom is -0.395 e. The van der Waals surface area contributed by atoms with Crippen molar-refractivity contribution in [2.75, 3.05) is 38.7 Å². The fourth-order valence-electron chi connectivity index (χ4n) is 1.41. The third-order valence-corrected chi connectivity index (χ3v) is 2.32. The van der Waals surface area contributed by atoms with Gasteiger partial charge in [-0.1, -0.05) is 6.08 Å². The predicted molar refractivity (Wildman–Crippen MR) is 69.5 cm³/mol. The molecular weight excluding hydrogens is 232 g/mol. The van der Waals surface area contributed by atoms with Crippen LogP contribution in [-0.4, -0.2) is 59.9 Å². The Kier molecular flexibility index (Phi) is 5.26. The molecule has 1 N–H and O–H groups in total. The van der Waals surface area contributed by atoms with Crippen molar-refractivity contribution in [3.63, 3.8) is 0 Å². The lowest BCUT2D eigenvalue weighted by atomic mass is 10.3. The summed E-state index contributed by atoms with van der Waals surface area (Å²) in [7, 11) is 3.32. The first-order valence-corrected chi connectivity index (χ1v) is 5.62. The summed E-state index contributed by atoms with van der Waals surface area (Å²) in [6.07, 6.45) is 1.72. The van der Waals surface area contributed by atoms with Gasteiger partial charge in [0.1, 0.15) is 0 Å². The van der Waals surface area contributed by atoms with Crippen LogP contribution >= 0.6 is 0 Å². The Bertz CT molecular complexity index is 403. The molecular formula is C12H18N4O2. The van der Waals surface area contributed by atoms with Gasteiger partial charge in [0.05, 0.1) is 6.61 Å². The van der Waals surface area contributed by atoms with Gasteiger partial charge in [0, 0.05) is 27.2 Å². The molecule has 0 aliphatic heterocycles. The Hall–Kier alpha value is -1.95. The highest BCUT2D eigenvalue weighted by molar-refractivity contribution is 5.91. The van der Waals surface area contributed by atoms with E-state index < -0.39 is 0 Å². The average Bonchev–Trinajstić information content (AvgIpc) is 2.38. The minimum atomic E-state index is -0.188. The van der Waals surface area contributed by atoms with Gasteiger partial charge in [-0.2, -0.15) is 0 Å². The lowest BCUT2D eigenvalue weighted by Crippen LogP contribution is -2.28. The van der Waals surface area contributed by atoms with E-state index in [-0.39, 0.29) is 12.5 Å². The largest absolute Gasteiger partial charge is 0.395 e. The molecule has 0 aliphatic carbocycles. The first-order chi connectivity index (χ1) is 8.60. The molecule has 98 valence electrons. The van der Waals surface area contributed by atoms with Gasteiger partial charge in [-0.3, -0.25) is 4.79 Å². The summed E-state index contributed by atoms with van der Waals surface area (Å²) in [4.78, 5) is 14.9. The second-order valence-electron chi connectivity index (χ2n) is 3.93. The molecule has 1 aromatic heterocycles. The molecule has 0 unspecified atom stereocenters. The lowest BCUT2D eigenvalue weighted by Gasteiger charge is -2.20. The van der Waals surface area contributed by atoms with Crippen molar-refractivity contribution in [2.24, 2.45) is 0 Å². The number of carbonyl (C=O) groups excluding carboxylic acids is 1. The molecule has 18 heavy (non-hydrogen) atoms. The Balaban J connectivity index is 2.86. The maximum absolute atomic E-state index is 11.6. The molecule has 1 amide bonds. The Morgan fingerprint density at radius 2 is 2.17 bits per heavy atom. The Morgan fingerprint density at radius 1 is 1.44 bits per heavy atom. The summed E-state index contributed by atoms with van der Waals surface area (Å²) < 4.78 is 0. The van der Waals surface area contributed by atoms with Gasteiger partial charge < -0.3 is 14.9 Å². The monoisotopic (exact) mass is 250 g/mol. The van der Waals surface area contributed by atoms with Crippen molar-refractivity contribution >= 4 is 11.7 Å². The van der Waals surface area contributed by atoms with Crippen LogP contribution in [0.4, 0.5) is 5.82 Å². The zero-order valence-corrected chi connectivity index (χ0v) is 10.7. The van der Waals surface area contributed by atoms with Crippen LogP contribution in [0.5, 0.6) is 0 Å². The zero-order valence-electron chi connectivity index (χ0n) is 10.7. The molecule has 0 spiro atoms. The van der Waals surface area contributed by atoms with Gasteiger partial charge in [0.15, 0.2) is 11.5 Å². The molecule has 0 radical (unpaired) electrons. The van der Waals surface area contributed by atoms with Crippen molar-refractivity contribution in [1.29, 1.82) is 0 Å². The first kappa shape index (κ1) is 14.1. The number of anilines is 1. The van der Waals surface area contributed by atoms with E-state index in [1.165, 1.54) is 4.90 Å². The summed E-state index contributed by atoms with van der Waals surface area (Å²) >= 11 is 0. The molecule has 6 nitrogen and oxygen atoms in total. The van der Waals surface area contributed by atoms with Crippen molar-refractivity contribution in [2.45, 2.75) is 0 Å². The molecule has 0 saturated heterocycles. The molecule has 1 heterocycles. The Morgan fingerprint density at radius 3 is 2.61 bits per heavy atom. The number of amides is 1. The summed E-state index contributed by atoms with van der Waals surface area (Å²) in [6.45, 7) is 4.68. The zero-order chi connectivity index (χ0) is 13.5. The fraction of sp³-hybridized carbons (Fsp3) is 0.417. The molecule has 0 bridgehead atoms. The minimum absolute atomic E-state index is 0.0217. The second-order valence-corrected chi connectivity index (χ2v) is 3.93. The average molecular weight is 250 g/mol. The molecule has 0 atom stereocenters. The van der Waals surface area contributed by atoms with Crippen LogP contribution in [-0.2, 0) is 0 Å². The van der Waals surface area contributed by atoms with Crippen LogP contribution in [0.3, 0.4) is 0 Å². The van der Waals surface area contributed by atoms with Crippen molar-refractivity contribution in [3.05, 3.63) is 30.5 Å². The molecule has 0 saturated carbocycles. The highest BCUT2D eigenvalue weighted by Crippen LogP contribution is 2.09. The van der Waals surface area contributed by atoms with Crippen molar-refractivity contribution in [3.8, 4) is 0 Å². The van der Waals surface area contributed by atoms with Crippen LogP contribution < -0.4 is 4.90 Å².